The summed E-state index contributed by atoms with van der Waals surface area (Å²) in [5.74, 6) is -2.74. The van der Waals surface area contributed by atoms with Gasteiger partial charge in [0.25, 0.3) is 5.91 Å². The highest BCUT2D eigenvalue weighted by Gasteiger charge is 2.41. The van der Waals surface area contributed by atoms with Crippen LogP contribution >= 0.6 is 0 Å². The van der Waals surface area contributed by atoms with Gasteiger partial charge in [-0.2, -0.15) is 0 Å². The summed E-state index contributed by atoms with van der Waals surface area (Å²) in [6.45, 7) is 0.297. The maximum atomic E-state index is 13.8. The van der Waals surface area contributed by atoms with Crippen molar-refractivity contribution in [2.45, 2.75) is 63.4 Å². The maximum Gasteiger partial charge on any atom is 0.573 e. The molecule has 2 aliphatic rings. The predicted octanol–water partition coefficient (Wildman–Crippen LogP) is 4.39. The van der Waals surface area contributed by atoms with E-state index < -0.39 is 45.8 Å². The van der Waals surface area contributed by atoms with Crippen LogP contribution in [0.4, 0.5) is 23.2 Å². The molecule has 2 aliphatic carbocycles. The Hall–Kier alpha value is -3.68. The molecular weight excluding hydrogens is 582 g/mol. The van der Waals surface area contributed by atoms with Crippen LogP contribution < -0.4 is 14.4 Å². The summed E-state index contributed by atoms with van der Waals surface area (Å²) in [5.41, 5.74) is 0.502. The lowest BCUT2D eigenvalue weighted by molar-refractivity contribution is -0.274. The minimum Gasteiger partial charge on any atom is -0.406 e. The van der Waals surface area contributed by atoms with Crippen molar-refractivity contribution in [3.63, 3.8) is 0 Å². The number of nitrogens with zero attached hydrogens (tertiary/aromatic N) is 2. The van der Waals surface area contributed by atoms with Gasteiger partial charge in [0, 0.05) is 42.7 Å². The van der Waals surface area contributed by atoms with E-state index in [2.05, 4.69) is 4.74 Å². The summed E-state index contributed by atoms with van der Waals surface area (Å²) in [4.78, 5) is 42.1. The number of anilines is 1. The van der Waals surface area contributed by atoms with Gasteiger partial charge in [0.2, 0.25) is 21.8 Å². The highest BCUT2D eigenvalue weighted by Crippen LogP contribution is 2.38. The number of amides is 3. The van der Waals surface area contributed by atoms with Gasteiger partial charge in [0.15, 0.2) is 0 Å². The molecule has 2 aromatic carbocycles. The van der Waals surface area contributed by atoms with Gasteiger partial charge < -0.3 is 14.5 Å². The normalized spacial score (nSPS) is 18.8. The zero-order valence-electron chi connectivity index (χ0n) is 22.8. The SMILES string of the molecule is CS(=O)(=O)NC(=O)CCC(=O)N(CC1CCCC1N(C(=O)c1ccc(OC(F)(F)F)cc1)c1ccc(F)cc1)C1CC1. The fourth-order valence-electron chi connectivity index (χ4n) is 5.28. The molecule has 4 rings (SSSR count). The summed E-state index contributed by atoms with van der Waals surface area (Å²) >= 11 is 0. The van der Waals surface area contributed by atoms with Crippen LogP contribution in [0.1, 0.15) is 55.3 Å². The van der Waals surface area contributed by atoms with E-state index in [1.165, 1.54) is 41.3 Å². The Morgan fingerprint density at radius 3 is 2.17 bits per heavy atom. The number of ether oxygens (including phenoxy) is 1. The number of hydrogen-bond donors (Lipinski definition) is 1. The van der Waals surface area contributed by atoms with Crippen molar-refractivity contribution in [3.8, 4) is 5.75 Å². The third-order valence-corrected chi connectivity index (χ3v) is 7.81. The van der Waals surface area contributed by atoms with E-state index in [9.17, 15) is 40.4 Å². The lowest BCUT2D eigenvalue weighted by atomic mass is 9.98. The Balaban J connectivity index is 1.54. The number of carbonyl (C=O) groups is 3. The number of hydrogen-bond acceptors (Lipinski definition) is 6. The molecule has 9 nitrogen and oxygen atoms in total. The number of rotatable bonds is 11. The molecule has 0 radical (unpaired) electrons. The van der Waals surface area contributed by atoms with E-state index in [0.717, 1.165) is 37.7 Å². The molecule has 1 N–H and O–H groups in total. The third kappa shape index (κ3) is 8.66. The topological polar surface area (TPSA) is 113 Å². The molecule has 14 heteroatoms. The van der Waals surface area contributed by atoms with Crippen LogP contribution in [-0.4, -0.2) is 62.3 Å². The minimum absolute atomic E-state index is 0.0205. The summed E-state index contributed by atoms with van der Waals surface area (Å²) in [7, 11) is -3.74. The van der Waals surface area contributed by atoms with Crippen LogP contribution in [0.15, 0.2) is 48.5 Å². The first-order valence-corrected chi connectivity index (χ1v) is 15.3. The Kier molecular flexibility index (Phi) is 9.43. The molecular formula is C28H31F4N3O6S. The number of nitrogens with one attached hydrogen (secondary N) is 1. The van der Waals surface area contributed by atoms with Crippen molar-refractivity contribution < 1.29 is 45.1 Å². The van der Waals surface area contributed by atoms with E-state index >= 15 is 0 Å². The summed E-state index contributed by atoms with van der Waals surface area (Å²) in [6.07, 6.45) is -0.946. The highest BCUT2D eigenvalue weighted by molar-refractivity contribution is 7.89. The van der Waals surface area contributed by atoms with E-state index in [0.29, 0.717) is 25.1 Å². The predicted molar refractivity (Wildman–Crippen MR) is 144 cm³/mol. The summed E-state index contributed by atoms with van der Waals surface area (Å²) in [6, 6.07) is 9.44. The number of carbonyl (C=O) groups excluding carboxylic acids is 3. The summed E-state index contributed by atoms with van der Waals surface area (Å²) < 4.78 is 79.9. The van der Waals surface area contributed by atoms with Gasteiger partial charge >= 0.3 is 6.36 Å². The maximum absolute atomic E-state index is 13.8. The molecule has 0 bridgehead atoms. The van der Waals surface area contributed by atoms with Gasteiger partial charge in [0.1, 0.15) is 11.6 Å². The van der Waals surface area contributed by atoms with Gasteiger partial charge in [0.05, 0.1) is 6.26 Å². The van der Waals surface area contributed by atoms with Crippen molar-refractivity contribution in [2.75, 3.05) is 17.7 Å². The molecule has 0 heterocycles. The van der Waals surface area contributed by atoms with Gasteiger partial charge in [-0.25, -0.2) is 12.8 Å². The van der Waals surface area contributed by atoms with Crippen LogP contribution in [0.2, 0.25) is 0 Å². The van der Waals surface area contributed by atoms with Crippen LogP contribution in [-0.2, 0) is 19.6 Å². The molecule has 2 fully saturated rings. The minimum atomic E-state index is -4.88. The largest absolute Gasteiger partial charge is 0.573 e. The molecule has 3 amide bonds. The molecule has 2 saturated carbocycles. The molecule has 228 valence electrons. The first-order chi connectivity index (χ1) is 19.7. The van der Waals surface area contributed by atoms with Crippen molar-refractivity contribution in [2.24, 2.45) is 5.92 Å². The Morgan fingerprint density at radius 2 is 1.60 bits per heavy atom. The van der Waals surface area contributed by atoms with Crippen molar-refractivity contribution in [3.05, 3.63) is 59.9 Å². The van der Waals surface area contributed by atoms with Crippen molar-refractivity contribution in [1.29, 1.82) is 0 Å². The molecule has 2 atom stereocenters. The van der Waals surface area contributed by atoms with E-state index in [1.807, 2.05) is 4.72 Å². The van der Waals surface area contributed by atoms with E-state index in [-0.39, 0.29) is 36.3 Å². The quantitative estimate of drug-likeness (QED) is 0.377. The average molecular weight is 614 g/mol. The molecule has 42 heavy (non-hydrogen) atoms. The molecule has 0 saturated heterocycles. The Bertz CT molecular complexity index is 1400. The Labute approximate surface area is 240 Å². The number of benzene rings is 2. The smallest absolute Gasteiger partial charge is 0.406 e. The van der Waals surface area contributed by atoms with Gasteiger partial charge in [-0.1, -0.05) is 6.42 Å². The van der Waals surface area contributed by atoms with Crippen LogP contribution in [0, 0.1) is 11.7 Å². The molecule has 0 aromatic heterocycles. The van der Waals surface area contributed by atoms with Crippen LogP contribution in [0.5, 0.6) is 5.75 Å². The van der Waals surface area contributed by atoms with E-state index in [4.69, 9.17) is 0 Å². The van der Waals surface area contributed by atoms with Crippen LogP contribution in [0.25, 0.3) is 0 Å². The monoisotopic (exact) mass is 613 g/mol. The second-order valence-electron chi connectivity index (χ2n) is 10.6. The van der Waals surface area contributed by atoms with Crippen LogP contribution in [0.3, 0.4) is 0 Å². The van der Waals surface area contributed by atoms with E-state index in [1.54, 1.807) is 4.90 Å². The average Bonchev–Trinajstić information content (AvgIpc) is 3.64. The van der Waals surface area contributed by atoms with Crippen molar-refractivity contribution >= 4 is 33.4 Å². The lowest BCUT2D eigenvalue weighted by Crippen LogP contribution is -2.47. The van der Waals surface area contributed by atoms with Gasteiger partial charge in [-0.3, -0.25) is 19.1 Å². The molecule has 2 unspecified atom stereocenters. The third-order valence-electron chi connectivity index (χ3n) is 7.21. The standard InChI is InChI=1S/C28H31F4N3O6S/c1-42(39,40)33-25(36)15-16-26(37)34(21-11-12-21)17-19-3-2-4-24(19)35(22-9-7-20(29)8-10-22)27(38)18-5-13-23(14-6-18)41-28(30,31)32/h5-10,13-14,19,21,24H,2-4,11-12,15-17H2,1H3,(H,33,36). The van der Waals surface area contributed by atoms with Gasteiger partial charge in [-0.05, 0) is 80.1 Å². The fraction of sp³-hybridized carbons (Fsp3) is 0.464. The summed E-state index contributed by atoms with van der Waals surface area (Å²) in [5, 5.41) is 0. The second kappa shape index (κ2) is 12.7. The fourth-order valence-corrected chi connectivity index (χ4v) is 5.80. The highest BCUT2D eigenvalue weighted by atomic mass is 32.2. The zero-order chi connectivity index (χ0) is 30.7. The van der Waals surface area contributed by atoms with Crippen molar-refractivity contribution in [1.82, 2.24) is 9.62 Å². The Morgan fingerprint density at radius 1 is 0.952 bits per heavy atom. The van der Waals surface area contributed by atoms with Gasteiger partial charge in [-0.15, -0.1) is 13.2 Å². The second-order valence-corrected chi connectivity index (χ2v) is 12.3. The molecule has 0 aliphatic heterocycles. The number of halogens is 4. The number of alkyl halides is 3. The number of sulfonamides is 1. The zero-order valence-corrected chi connectivity index (χ0v) is 23.6. The molecule has 0 spiro atoms. The molecule has 2 aromatic rings. The lowest BCUT2D eigenvalue weighted by Gasteiger charge is -2.36. The first-order valence-electron chi connectivity index (χ1n) is 13.5. The first kappa shape index (κ1) is 31.3.